The Kier molecular flexibility index (Phi) is 4.43. The maximum atomic E-state index is 9.90. The molecule has 0 bridgehead atoms. The third-order valence-electron chi connectivity index (χ3n) is 4.27. The van der Waals surface area contributed by atoms with Gasteiger partial charge in [0.15, 0.2) is 5.82 Å². The number of phenolic OH excluding ortho intramolecular Hbond substituents is 2. The maximum Gasteiger partial charge on any atom is 0.216 e. The van der Waals surface area contributed by atoms with E-state index in [1.807, 2.05) is 18.2 Å². The van der Waals surface area contributed by atoms with Crippen molar-refractivity contribution >= 4 is 29.2 Å². The van der Waals surface area contributed by atoms with Crippen LogP contribution in [-0.2, 0) is 6.42 Å². The normalized spacial score (nSPS) is 11.4. The second-order valence-corrected chi connectivity index (χ2v) is 6.45. The van der Waals surface area contributed by atoms with Crippen molar-refractivity contribution in [1.82, 2.24) is 14.9 Å². The summed E-state index contributed by atoms with van der Waals surface area (Å²) in [6.45, 7) is 0. The number of hydrogen-bond acceptors (Lipinski definition) is 5. The summed E-state index contributed by atoms with van der Waals surface area (Å²) in [5.41, 5.74) is 1.58. The van der Waals surface area contributed by atoms with Crippen molar-refractivity contribution in [2.24, 2.45) is 5.10 Å². The van der Waals surface area contributed by atoms with Gasteiger partial charge in [-0.15, -0.1) is 0 Å². The molecule has 27 heavy (non-hydrogen) atoms. The number of phenols is 2. The molecule has 0 fully saturated rings. The number of hydrogen-bond donors (Lipinski definition) is 3. The first kappa shape index (κ1) is 17.0. The number of benzene rings is 3. The van der Waals surface area contributed by atoms with Crippen LogP contribution in [0, 0.1) is 4.77 Å². The number of nitrogens with one attached hydrogen (secondary N) is 1. The highest BCUT2D eigenvalue weighted by molar-refractivity contribution is 7.71. The molecule has 0 aliphatic heterocycles. The second kappa shape index (κ2) is 7.05. The Morgan fingerprint density at radius 2 is 1.89 bits per heavy atom. The number of aromatic amines is 1. The van der Waals surface area contributed by atoms with Crippen molar-refractivity contribution in [3.8, 4) is 11.5 Å². The number of H-pyrrole nitrogens is 1. The summed E-state index contributed by atoms with van der Waals surface area (Å²) in [7, 11) is 0. The molecule has 0 unspecified atom stereocenters. The lowest BCUT2D eigenvalue weighted by atomic mass is 10.0. The van der Waals surface area contributed by atoms with E-state index in [1.165, 1.54) is 23.0 Å². The van der Waals surface area contributed by atoms with E-state index in [0.717, 1.165) is 16.3 Å². The molecule has 1 aromatic heterocycles. The van der Waals surface area contributed by atoms with Crippen LogP contribution in [0.3, 0.4) is 0 Å². The van der Waals surface area contributed by atoms with Crippen LogP contribution < -0.4 is 0 Å². The zero-order valence-electron chi connectivity index (χ0n) is 14.2. The topological polar surface area (TPSA) is 86.4 Å². The highest BCUT2D eigenvalue weighted by atomic mass is 32.1. The largest absolute Gasteiger partial charge is 0.508 e. The van der Waals surface area contributed by atoms with E-state index in [0.29, 0.717) is 22.6 Å². The van der Waals surface area contributed by atoms with E-state index < -0.39 is 0 Å². The number of fused-ring (bicyclic) bond motifs is 1. The van der Waals surface area contributed by atoms with Gasteiger partial charge in [0.2, 0.25) is 4.77 Å². The molecule has 0 saturated heterocycles. The van der Waals surface area contributed by atoms with Crippen LogP contribution in [0.15, 0.2) is 65.8 Å². The van der Waals surface area contributed by atoms with Gasteiger partial charge in [-0.3, -0.25) is 5.10 Å². The van der Waals surface area contributed by atoms with E-state index in [-0.39, 0.29) is 11.5 Å². The molecule has 0 amide bonds. The number of aromatic hydroxyl groups is 2. The van der Waals surface area contributed by atoms with E-state index in [9.17, 15) is 10.2 Å². The molecule has 7 heteroatoms. The number of rotatable bonds is 4. The van der Waals surface area contributed by atoms with Gasteiger partial charge in [0.25, 0.3) is 0 Å². The van der Waals surface area contributed by atoms with E-state index in [4.69, 9.17) is 12.2 Å². The first-order chi connectivity index (χ1) is 13.1. The molecule has 134 valence electrons. The minimum absolute atomic E-state index is 0.0128. The van der Waals surface area contributed by atoms with E-state index >= 15 is 0 Å². The predicted octanol–water partition coefficient (Wildman–Crippen LogP) is 3.98. The molecule has 3 aromatic carbocycles. The zero-order chi connectivity index (χ0) is 18.8. The van der Waals surface area contributed by atoms with Gasteiger partial charge in [-0.05, 0) is 40.7 Å². The maximum absolute atomic E-state index is 9.90. The summed E-state index contributed by atoms with van der Waals surface area (Å²) in [4.78, 5) is 0. The van der Waals surface area contributed by atoms with Crippen molar-refractivity contribution in [3.05, 3.63) is 82.4 Å². The lowest BCUT2D eigenvalue weighted by Gasteiger charge is -2.06. The van der Waals surface area contributed by atoms with Gasteiger partial charge in [0.1, 0.15) is 11.5 Å². The molecule has 4 rings (SSSR count). The van der Waals surface area contributed by atoms with Crippen molar-refractivity contribution in [2.75, 3.05) is 0 Å². The average Bonchev–Trinajstić information content (AvgIpc) is 3.01. The van der Waals surface area contributed by atoms with Gasteiger partial charge in [0, 0.05) is 18.1 Å². The lowest BCUT2D eigenvalue weighted by Crippen LogP contribution is -2.01. The van der Waals surface area contributed by atoms with Crippen molar-refractivity contribution in [3.63, 3.8) is 0 Å². The summed E-state index contributed by atoms with van der Waals surface area (Å²) in [5, 5.41) is 33.0. The van der Waals surface area contributed by atoms with Gasteiger partial charge < -0.3 is 10.2 Å². The first-order valence-electron chi connectivity index (χ1n) is 8.31. The zero-order valence-corrected chi connectivity index (χ0v) is 15.0. The fourth-order valence-corrected chi connectivity index (χ4v) is 3.13. The van der Waals surface area contributed by atoms with Crippen LogP contribution in [0.4, 0.5) is 0 Å². The molecule has 0 aliphatic carbocycles. The molecule has 6 nitrogen and oxygen atoms in total. The van der Waals surface area contributed by atoms with Crippen LogP contribution in [-0.4, -0.2) is 31.3 Å². The van der Waals surface area contributed by atoms with Gasteiger partial charge in [-0.25, -0.2) is 0 Å². The molecular formula is C20H16N4O2S. The minimum Gasteiger partial charge on any atom is -0.508 e. The van der Waals surface area contributed by atoms with Gasteiger partial charge in [0.05, 0.1) is 6.21 Å². The monoisotopic (exact) mass is 376 g/mol. The molecule has 0 atom stereocenters. The predicted molar refractivity (Wildman–Crippen MR) is 107 cm³/mol. The number of nitrogens with zero attached hydrogens (tertiary/aromatic N) is 3. The summed E-state index contributed by atoms with van der Waals surface area (Å²) in [6.07, 6.45) is 2.03. The van der Waals surface area contributed by atoms with Crippen LogP contribution in [0.2, 0.25) is 0 Å². The Hall–Kier alpha value is -3.45. The van der Waals surface area contributed by atoms with Crippen molar-refractivity contribution < 1.29 is 10.2 Å². The lowest BCUT2D eigenvalue weighted by molar-refractivity contribution is 0.450. The Bertz CT molecular complexity index is 1200. The standard InChI is InChI=1S/C20H16N4O2S/c25-16-9-8-15(18(26)11-16)12-21-24-19(22-23-20(24)27)10-14-6-3-5-13-4-1-2-7-17(13)14/h1-9,11-12,25-26H,10H2,(H,23,27)/b21-12+. The summed E-state index contributed by atoms with van der Waals surface area (Å²) >= 11 is 5.28. The Balaban J connectivity index is 1.70. The first-order valence-corrected chi connectivity index (χ1v) is 8.72. The van der Waals surface area contributed by atoms with Gasteiger partial charge in [-0.1, -0.05) is 42.5 Å². The summed E-state index contributed by atoms with van der Waals surface area (Å²) in [6, 6.07) is 18.6. The van der Waals surface area contributed by atoms with E-state index in [1.54, 1.807) is 6.07 Å². The fourth-order valence-electron chi connectivity index (χ4n) is 2.94. The average molecular weight is 376 g/mol. The molecular weight excluding hydrogens is 360 g/mol. The molecule has 1 heterocycles. The molecule has 0 spiro atoms. The minimum atomic E-state index is -0.0654. The molecule has 3 N–H and O–H groups in total. The quantitative estimate of drug-likeness (QED) is 0.371. The molecule has 0 aliphatic rings. The second-order valence-electron chi connectivity index (χ2n) is 6.06. The third kappa shape index (κ3) is 3.45. The van der Waals surface area contributed by atoms with Gasteiger partial charge in [-0.2, -0.15) is 14.9 Å². The van der Waals surface area contributed by atoms with Crippen LogP contribution in [0.25, 0.3) is 10.8 Å². The van der Waals surface area contributed by atoms with E-state index in [2.05, 4.69) is 39.6 Å². The summed E-state index contributed by atoms with van der Waals surface area (Å²) < 4.78 is 1.89. The van der Waals surface area contributed by atoms with Gasteiger partial charge >= 0.3 is 0 Å². The van der Waals surface area contributed by atoms with Crippen molar-refractivity contribution in [1.29, 1.82) is 0 Å². The van der Waals surface area contributed by atoms with Crippen molar-refractivity contribution in [2.45, 2.75) is 6.42 Å². The molecule has 0 radical (unpaired) electrons. The third-order valence-corrected chi connectivity index (χ3v) is 4.54. The number of aromatic nitrogens is 3. The molecule has 4 aromatic rings. The Morgan fingerprint density at radius 3 is 2.74 bits per heavy atom. The van der Waals surface area contributed by atoms with Crippen LogP contribution in [0.5, 0.6) is 11.5 Å². The Morgan fingerprint density at radius 1 is 1.07 bits per heavy atom. The van der Waals surface area contributed by atoms with Crippen LogP contribution in [0.1, 0.15) is 17.0 Å². The highest BCUT2D eigenvalue weighted by Crippen LogP contribution is 2.22. The molecule has 0 saturated carbocycles. The van der Waals surface area contributed by atoms with Crippen LogP contribution >= 0.6 is 12.2 Å². The fraction of sp³-hybridized carbons (Fsp3) is 0.0500. The summed E-state index contributed by atoms with van der Waals surface area (Å²) in [5.74, 6) is 0.580. The SMILES string of the molecule is Oc1ccc(/C=N/n2c(Cc3cccc4ccccc34)n[nH]c2=S)c(O)c1. The highest BCUT2D eigenvalue weighted by Gasteiger charge is 2.09. The smallest absolute Gasteiger partial charge is 0.216 e. The Labute approximate surface area is 160 Å².